The molecule has 0 aromatic carbocycles. The maximum atomic E-state index is 6.02. The van der Waals surface area contributed by atoms with E-state index in [1.807, 2.05) is 0 Å². The molecule has 1 aliphatic carbocycles. The molecule has 2 aliphatic rings. The van der Waals surface area contributed by atoms with Crippen LogP contribution in [-0.4, -0.2) is 29.6 Å². The molecular weight excluding hydrogens is 172 g/mol. The SMILES string of the molecule is C[C@@H]1CCCCN1C1(CN)CCCC1. The molecule has 0 spiro atoms. The summed E-state index contributed by atoms with van der Waals surface area (Å²) in [6, 6.07) is 0.769. The van der Waals surface area contributed by atoms with Gasteiger partial charge in [0.25, 0.3) is 0 Å². The first-order chi connectivity index (χ1) is 6.78. The lowest BCUT2D eigenvalue weighted by Gasteiger charge is -2.47. The highest BCUT2D eigenvalue weighted by molar-refractivity contribution is 4.98. The molecule has 1 aliphatic heterocycles. The Morgan fingerprint density at radius 2 is 1.93 bits per heavy atom. The van der Waals surface area contributed by atoms with Crippen molar-refractivity contribution in [3.63, 3.8) is 0 Å². The predicted molar refractivity (Wildman–Crippen MR) is 60.3 cm³/mol. The van der Waals surface area contributed by atoms with Gasteiger partial charge in [-0.15, -0.1) is 0 Å². The number of rotatable bonds is 2. The molecule has 0 aromatic heterocycles. The van der Waals surface area contributed by atoms with Gasteiger partial charge < -0.3 is 5.73 Å². The van der Waals surface area contributed by atoms with Gasteiger partial charge in [0.15, 0.2) is 0 Å². The molecule has 82 valence electrons. The van der Waals surface area contributed by atoms with Gasteiger partial charge in [-0.05, 0) is 39.2 Å². The van der Waals surface area contributed by atoms with Gasteiger partial charge in [0.2, 0.25) is 0 Å². The average Bonchev–Trinajstić information content (AvgIpc) is 2.68. The van der Waals surface area contributed by atoms with Crippen LogP contribution in [0.2, 0.25) is 0 Å². The van der Waals surface area contributed by atoms with Gasteiger partial charge in [-0.3, -0.25) is 4.90 Å². The van der Waals surface area contributed by atoms with Crippen molar-refractivity contribution < 1.29 is 0 Å². The minimum atomic E-state index is 0.389. The lowest BCUT2D eigenvalue weighted by atomic mass is 9.89. The number of nitrogens with zero attached hydrogens (tertiary/aromatic N) is 1. The highest BCUT2D eigenvalue weighted by Gasteiger charge is 2.40. The molecule has 0 amide bonds. The molecule has 1 atom stereocenters. The minimum absolute atomic E-state index is 0.389. The number of hydrogen-bond donors (Lipinski definition) is 1. The van der Waals surface area contributed by atoms with Crippen molar-refractivity contribution in [3.8, 4) is 0 Å². The van der Waals surface area contributed by atoms with Crippen LogP contribution in [0, 0.1) is 0 Å². The molecule has 2 N–H and O–H groups in total. The standard InChI is InChI=1S/C12H24N2/c1-11-6-2-5-9-14(11)12(10-13)7-3-4-8-12/h11H,2-10,13H2,1H3/t11-/m1/s1. The Bertz CT molecular complexity index is 185. The minimum Gasteiger partial charge on any atom is -0.329 e. The third-order valence-electron chi connectivity index (χ3n) is 4.33. The van der Waals surface area contributed by atoms with Crippen LogP contribution in [0.1, 0.15) is 51.9 Å². The van der Waals surface area contributed by atoms with Gasteiger partial charge >= 0.3 is 0 Å². The average molecular weight is 196 g/mol. The van der Waals surface area contributed by atoms with E-state index in [9.17, 15) is 0 Å². The monoisotopic (exact) mass is 196 g/mol. The second-order valence-corrected chi connectivity index (χ2v) is 5.17. The van der Waals surface area contributed by atoms with Gasteiger partial charge in [-0.1, -0.05) is 19.3 Å². The number of likely N-dealkylation sites (tertiary alicyclic amines) is 1. The van der Waals surface area contributed by atoms with Crippen LogP contribution in [0.3, 0.4) is 0 Å². The predicted octanol–water partition coefficient (Wildman–Crippen LogP) is 2.13. The van der Waals surface area contributed by atoms with Gasteiger partial charge in [-0.2, -0.15) is 0 Å². The molecule has 0 bridgehead atoms. The quantitative estimate of drug-likeness (QED) is 0.733. The van der Waals surface area contributed by atoms with Crippen molar-refractivity contribution in [1.82, 2.24) is 4.90 Å². The third kappa shape index (κ3) is 1.70. The van der Waals surface area contributed by atoms with E-state index in [0.29, 0.717) is 5.54 Å². The summed E-state index contributed by atoms with van der Waals surface area (Å²) in [6.45, 7) is 4.55. The fourth-order valence-corrected chi connectivity index (χ4v) is 3.44. The zero-order chi connectivity index (χ0) is 10.0. The van der Waals surface area contributed by atoms with Crippen molar-refractivity contribution in [2.45, 2.75) is 63.5 Å². The van der Waals surface area contributed by atoms with E-state index in [4.69, 9.17) is 5.73 Å². The third-order valence-corrected chi connectivity index (χ3v) is 4.33. The van der Waals surface area contributed by atoms with E-state index in [0.717, 1.165) is 12.6 Å². The Morgan fingerprint density at radius 3 is 2.50 bits per heavy atom. The van der Waals surface area contributed by atoms with Crippen LogP contribution in [0.5, 0.6) is 0 Å². The molecular formula is C12H24N2. The molecule has 1 heterocycles. The lowest BCUT2D eigenvalue weighted by Crippen LogP contribution is -2.57. The van der Waals surface area contributed by atoms with E-state index < -0.39 is 0 Å². The second-order valence-electron chi connectivity index (χ2n) is 5.17. The summed E-state index contributed by atoms with van der Waals surface area (Å²) in [5.74, 6) is 0. The van der Waals surface area contributed by atoms with E-state index in [2.05, 4.69) is 11.8 Å². The van der Waals surface area contributed by atoms with Crippen molar-refractivity contribution in [2.24, 2.45) is 5.73 Å². The van der Waals surface area contributed by atoms with Crippen molar-refractivity contribution in [2.75, 3.05) is 13.1 Å². The molecule has 14 heavy (non-hydrogen) atoms. The molecule has 1 saturated carbocycles. The van der Waals surface area contributed by atoms with Crippen LogP contribution in [0.4, 0.5) is 0 Å². The fourth-order valence-electron chi connectivity index (χ4n) is 3.44. The molecule has 1 saturated heterocycles. The van der Waals surface area contributed by atoms with E-state index in [-0.39, 0.29) is 0 Å². The van der Waals surface area contributed by atoms with Gasteiger partial charge in [0.1, 0.15) is 0 Å². The van der Waals surface area contributed by atoms with Gasteiger partial charge in [0.05, 0.1) is 0 Å². The van der Waals surface area contributed by atoms with Crippen LogP contribution in [-0.2, 0) is 0 Å². The summed E-state index contributed by atoms with van der Waals surface area (Å²) in [5, 5.41) is 0. The summed E-state index contributed by atoms with van der Waals surface area (Å²) in [4.78, 5) is 2.73. The van der Waals surface area contributed by atoms with Gasteiger partial charge in [-0.25, -0.2) is 0 Å². The van der Waals surface area contributed by atoms with Crippen molar-refractivity contribution >= 4 is 0 Å². The number of nitrogens with two attached hydrogens (primary N) is 1. The molecule has 2 nitrogen and oxygen atoms in total. The van der Waals surface area contributed by atoms with Crippen LogP contribution in [0.15, 0.2) is 0 Å². The Hall–Kier alpha value is -0.0800. The zero-order valence-electron chi connectivity index (χ0n) is 9.47. The van der Waals surface area contributed by atoms with Crippen molar-refractivity contribution in [1.29, 1.82) is 0 Å². The smallest absolute Gasteiger partial charge is 0.0334 e. The number of piperidine rings is 1. The Kier molecular flexibility index (Phi) is 3.13. The van der Waals surface area contributed by atoms with E-state index in [1.165, 1.54) is 51.5 Å². The summed E-state index contributed by atoms with van der Waals surface area (Å²) in [5.41, 5.74) is 6.41. The Labute approximate surface area is 87.8 Å². The Morgan fingerprint density at radius 1 is 1.21 bits per heavy atom. The van der Waals surface area contributed by atoms with E-state index >= 15 is 0 Å². The first-order valence-electron chi connectivity index (χ1n) is 6.25. The molecule has 0 radical (unpaired) electrons. The fraction of sp³-hybridized carbons (Fsp3) is 1.00. The molecule has 2 rings (SSSR count). The maximum Gasteiger partial charge on any atom is 0.0334 e. The van der Waals surface area contributed by atoms with Crippen LogP contribution < -0.4 is 5.73 Å². The maximum absolute atomic E-state index is 6.02. The lowest BCUT2D eigenvalue weighted by molar-refractivity contribution is 0.0337. The second kappa shape index (κ2) is 4.19. The van der Waals surface area contributed by atoms with Crippen LogP contribution >= 0.6 is 0 Å². The molecule has 0 aromatic rings. The highest BCUT2D eigenvalue weighted by atomic mass is 15.2. The highest BCUT2D eigenvalue weighted by Crippen LogP contribution is 2.38. The summed E-state index contributed by atoms with van der Waals surface area (Å²) in [6.07, 6.45) is 9.63. The topological polar surface area (TPSA) is 29.3 Å². The van der Waals surface area contributed by atoms with Crippen molar-refractivity contribution in [3.05, 3.63) is 0 Å². The summed E-state index contributed by atoms with van der Waals surface area (Å²) < 4.78 is 0. The van der Waals surface area contributed by atoms with E-state index in [1.54, 1.807) is 0 Å². The first kappa shape index (κ1) is 10.4. The molecule has 0 unspecified atom stereocenters. The Balaban J connectivity index is 2.09. The largest absolute Gasteiger partial charge is 0.329 e. The zero-order valence-corrected chi connectivity index (χ0v) is 9.47. The normalized spacial score (nSPS) is 33.4. The summed E-state index contributed by atoms with van der Waals surface area (Å²) >= 11 is 0. The molecule has 2 fully saturated rings. The van der Waals surface area contributed by atoms with Crippen LogP contribution in [0.25, 0.3) is 0 Å². The number of hydrogen-bond acceptors (Lipinski definition) is 2. The summed E-state index contributed by atoms with van der Waals surface area (Å²) in [7, 11) is 0. The van der Waals surface area contributed by atoms with Gasteiger partial charge in [0, 0.05) is 18.1 Å². The molecule has 2 heteroatoms. The first-order valence-corrected chi connectivity index (χ1v) is 6.25.